The number of nitrogen functional groups attached to an aromatic ring is 1. The molecular weight excluding hydrogens is 366 g/mol. The van der Waals surface area contributed by atoms with E-state index < -0.39 is 24.0 Å². The molecule has 6 N–H and O–H groups in total. The smallest absolute Gasteiger partial charge is 0.305 e. The number of nitrogens with one attached hydrogen (secondary N) is 2. The van der Waals surface area contributed by atoms with Crippen molar-refractivity contribution in [2.45, 2.75) is 51.7 Å². The molecule has 2 atom stereocenters. The van der Waals surface area contributed by atoms with E-state index in [2.05, 4.69) is 15.4 Å². The van der Waals surface area contributed by atoms with Gasteiger partial charge >= 0.3 is 5.97 Å². The largest absolute Gasteiger partial charge is 0.469 e. The van der Waals surface area contributed by atoms with E-state index in [1.54, 1.807) is 32.9 Å². The molecule has 0 aliphatic heterocycles. The number of carbonyl (C=O) groups excluding carboxylic acids is 2. The van der Waals surface area contributed by atoms with Crippen molar-refractivity contribution in [3.05, 3.63) is 29.3 Å². The third-order valence-corrected chi connectivity index (χ3v) is 3.68. The SMILES string of the molecule is COC(=O)CCc1ccc(N)cc1C(=O)NCC(O)NCC(O)OC(C)(C)C. The van der Waals surface area contributed by atoms with Crippen molar-refractivity contribution in [2.24, 2.45) is 0 Å². The number of amides is 1. The minimum Gasteiger partial charge on any atom is -0.469 e. The third-order valence-electron chi connectivity index (χ3n) is 3.68. The lowest BCUT2D eigenvalue weighted by atomic mass is 10.0. The standard InChI is InChI=1S/C19H31N3O6/c1-19(2,3)28-17(25)11-21-15(23)10-22-18(26)14-9-13(20)7-5-12(14)6-8-16(24)27-4/h5,7,9,15,17,21,23,25H,6,8,10-11,20H2,1-4H3,(H,22,26). The number of aliphatic hydroxyl groups is 2. The van der Waals surface area contributed by atoms with E-state index >= 15 is 0 Å². The van der Waals surface area contributed by atoms with E-state index in [4.69, 9.17) is 10.5 Å². The molecule has 0 aliphatic carbocycles. The summed E-state index contributed by atoms with van der Waals surface area (Å²) in [5, 5.41) is 25.0. The summed E-state index contributed by atoms with van der Waals surface area (Å²) in [7, 11) is 1.30. The molecular formula is C19H31N3O6. The molecule has 1 aromatic rings. The van der Waals surface area contributed by atoms with Crippen LogP contribution in [-0.2, 0) is 20.7 Å². The topological polar surface area (TPSA) is 143 Å². The van der Waals surface area contributed by atoms with Gasteiger partial charge < -0.3 is 30.7 Å². The molecule has 2 unspecified atom stereocenters. The average Bonchev–Trinajstić information content (AvgIpc) is 2.61. The Hall–Kier alpha value is -2.20. The van der Waals surface area contributed by atoms with Crippen LogP contribution in [0, 0.1) is 0 Å². The van der Waals surface area contributed by atoms with Crippen LogP contribution >= 0.6 is 0 Å². The maximum absolute atomic E-state index is 12.5. The van der Waals surface area contributed by atoms with E-state index in [9.17, 15) is 19.8 Å². The molecule has 0 saturated heterocycles. The number of ether oxygens (including phenoxy) is 2. The van der Waals surface area contributed by atoms with Crippen LogP contribution in [0.2, 0.25) is 0 Å². The van der Waals surface area contributed by atoms with E-state index in [0.717, 1.165) is 0 Å². The van der Waals surface area contributed by atoms with Gasteiger partial charge in [-0.15, -0.1) is 0 Å². The van der Waals surface area contributed by atoms with Crippen molar-refractivity contribution in [2.75, 3.05) is 25.9 Å². The molecule has 1 amide bonds. The molecule has 0 radical (unpaired) electrons. The number of hydrogen-bond donors (Lipinski definition) is 5. The Labute approximate surface area is 165 Å². The van der Waals surface area contributed by atoms with E-state index in [0.29, 0.717) is 23.2 Å². The van der Waals surface area contributed by atoms with Crippen molar-refractivity contribution in [1.29, 1.82) is 0 Å². The first-order valence-corrected chi connectivity index (χ1v) is 9.02. The van der Waals surface area contributed by atoms with Crippen LogP contribution in [0.25, 0.3) is 0 Å². The van der Waals surface area contributed by atoms with Crippen molar-refractivity contribution >= 4 is 17.6 Å². The zero-order valence-corrected chi connectivity index (χ0v) is 16.8. The predicted molar refractivity (Wildman–Crippen MR) is 104 cm³/mol. The van der Waals surface area contributed by atoms with Gasteiger partial charge in [-0.3, -0.25) is 14.9 Å². The minimum absolute atomic E-state index is 0.00300. The molecule has 0 heterocycles. The molecule has 0 bridgehead atoms. The lowest BCUT2D eigenvalue weighted by molar-refractivity contribution is -0.165. The zero-order chi connectivity index (χ0) is 21.3. The second-order valence-electron chi connectivity index (χ2n) is 7.31. The number of esters is 1. The van der Waals surface area contributed by atoms with Gasteiger partial charge in [-0.25, -0.2) is 0 Å². The molecule has 158 valence electrons. The van der Waals surface area contributed by atoms with Crippen LogP contribution in [0.15, 0.2) is 18.2 Å². The van der Waals surface area contributed by atoms with Gasteiger partial charge in [0.1, 0.15) is 6.23 Å². The highest BCUT2D eigenvalue weighted by Crippen LogP contribution is 2.16. The summed E-state index contributed by atoms with van der Waals surface area (Å²) in [6, 6.07) is 4.85. The van der Waals surface area contributed by atoms with E-state index in [1.165, 1.54) is 13.2 Å². The predicted octanol–water partition coefficient (Wildman–Crippen LogP) is 0.146. The Morgan fingerprint density at radius 1 is 1.21 bits per heavy atom. The lowest BCUT2D eigenvalue weighted by Gasteiger charge is -2.25. The van der Waals surface area contributed by atoms with Gasteiger partial charge in [-0.1, -0.05) is 6.07 Å². The Kier molecular flexibility index (Phi) is 9.33. The maximum Gasteiger partial charge on any atom is 0.305 e. The van der Waals surface area contributed by atoms with Gasteiger partial charge in [0.05, 0.1) is 19.3 Å². The number of nitrogens with two attached hydrogens (primary N) is 1. The Morgan fingerprint density at radius 2 is 1.89 bits per heavy atom. The van der Waals surface area contributed by atoms with Gasteiger partial charge in [0.15, 0.2) is 6.29 Å². The number of carbonyl (C=O) groups is 2. The molecule has 0 fully saturated rings. The Balaban J connectivity index is 2.58. The van der Waals surface area contributed by atoms with Gasteiger partial charge in [0, 0.05) is 24.2 Å². The highest BCUT2D eigenvalue weighted by Gasteiger charge is 2.18. The van der Waals surface area contributed by atoms with Crippen molar-refractivity contribution in [1.82, 2.24) is 10.6 Å². The van der Waals surface area contributed by atoms with Crippen LogP contribution in [0.4, 0.5) is 5.69 Å². The second kappa shape index (κ2) is 11.0. The lowest BCUT2D eigenvalue weighted by Crippen LogP contribution is -2.45. The second-order valence-corrected chi connectivity index (χ2v) is 7.31. The fourth-order valence-electron chi connectivity index (χ4n) is 2.41. The molecule has 9 heteroatoms. The first-order valence-electron chi connectivity index (χ1n) is 9.02. The quantitative estimate of drug-likeness (QED) is 0.213. The van der Waals surface area contributed by atoms with Crippen LogP contribution in [0.3, 0.4) is 0 Å². The number of aryl methyl sites for hydroxylation is 1. The van der Waals surface area contributed by atoms with E-state index in [1.807, 2.05) is 0 Å². The number of hydrogen-bond acceptors (Lipinski definition) is 8. The number of rotatable bonds is 10. The normalized spacial score (nSPS) is 13.6. The zero-order valence-electron chi connectivity index (χ0n) is 16.8. The summed E-state index contributed by atoms with van der Waals surface area (Å²) in [5.74, 6) is -0.807. The summed E-state index contributed by atoms with van der Waals surface area (Å²) in [5.41, 5.74) is 6.62. The van der Waals surface area contributed by atoms with Crippen LogP contribution in [-0.4, -0.2) is 60.4 Å². The van der Waals surface area contributed by atoms with Crippen molar-refractivity contribution in [3.8, 4) is 0 Å². The summed E-state index contributed by atoms with van der Waals surface area (Å²) in [4.78, 5) is 23.8. The fraction of sp³-hybridized carbons (Fsp3) is 0.579. The maximum atomic E-state index is 12.5. The van der Waals surface area contributed by atoms with Crippen LogP contribution < -0.4 is 16.4 Å². The Bertz CT molecular complexity index is 660. The van der Waals surface area contributed by atoms with Gasteiger partial charge in [0.25, 0.3) is 5.91 Å². The number of benzene rings is 1. The first kappa shape index (κ1) is 23.8. The van der Waals surface area contributed by atoms with Crippen LogP contribution in [0.1, 0.15) is 43.1 Å². The molecule has 0 aromatic heterocycles. The number of aliphatic hydroxyl groups excluding tert-OH is 2. The molecule has 0 saturated carbocycles. The molecule has 28 heavy (non-hydrogen) atoms. The summed E-state index contributed by atoms with van der Waals surface area (Å²) in [6.45, 7) is 5.31. The third kappa shape index (κ3) is 9.14. The summed E-state index contributed by atoms with van der Waals surface area (Å²) < 4.78 is 9.93. The summed E-state index contributed by atoms with van der Waals surface area (Å²) >= 11 is 0. The number of methoxy groups -OCH3 is 1. The molecule has 9 nitrogen and oxygen atoms in total. The number of anilines is 1. The highest BCUT2D eigenvalue weighted by atomic mass is 16.6. The van der Waals surface area contributed by atoms with Gasteiger partial charge in [-0.2, -0.15) is 0 Å². The molecule has 0 spiro atoms. The monoisotopic (exact) mass is 397 g/mol. The first-order chi connectivity index (χ1) is 13.0. The molecule has 1 rings (SSSR count). The highest BCUT2D eigenvalue weighted by molar-refractivity contribution is 5.96. The molecule has 0 aliphatic rings. The minimum atomic E-state index is -1.09. The fourth-order valence-corrected chi connectivity index (χ4v) is 2.41. The van der Waals surface area contributed by atoms with Gasteiger partial charge in [-0.05, 0) is 44.9 Å². The Morgan fingerprint density at radius 3 is 2.50 bits per heavy atom. The molecule has 1 aromatic carbocycles. The van der Waals surface area contributed by atoms with Gasteiger partial charge in [0.2, 0.25) is 0 Å². The van der Waals surface area contributed by atoms with Crippen molar-refractivity contribution < 1.29 is 29.3 Å². The average molecular weight is 397 g/mol. The van der Waals surface area contributed by atoms with Crippen LogP contribution in [0.5, 0.6) is 0 Å². The van der Waals surface area contributed by atoms with Crippen molar-refractivity contribution in [3.63, 3.8) is 0 Å². The van der Waals surface area contributed by atoms with E-state index in [-0.39, 0.29) is 25.5 Å². The summed E-state index contributed by atoms with van der Waals surface area (Å²) in [6.07, 6.45) is -1.71.